The highest BCUT2D eigenvalue weighted by atomic mass is 16.6. The Balaban J connectivity index is 1.38. The van der Waals surface area contributed by atoms with Crippen molar-refractivity contribution in [3.05, 3.63) is 53.6 Å². The number of esters is 7. The first kappa shape index (κ1) is 37.2. The molecule has 0 aromatic heterocycles. The van der Waals surface area contributed by atoms with E-state index in [1.54, 1.807) is 24.3 Å². The van der Waals surface area contributed by atoms with Crippen molar-refractivity contribution in [3.8, 4) is 17.2 Å². The van der Waals surface area contributed by atoms with Crippen LogP contribution in [0.3, 0.4) is 0 Å². The minimum Gasteiger partial charge on any atom is -0.465 e. The first-order valence-corrected chi connectivity index (χ1v) is 15.3. The van der Waals surface area contributed by atoms with Gasteiger partial charge in [-0.3, -0.25) is 28.8 Å². The van der Waals surface area contributed by atoms with Gasteiger partial charge >= 0.3 is 41.8 Å². The van der Waals surface area contributed by atoms with E-state index in [0.29, 0.717) is 37.9 Å². The van der Waals surface area contributed by atoms with Crippen LogP contribution in [0.1, 0.15) is 68.3 Å². The summed E-state index contributed by atoms with van der Waals surface area (Å²) in [6, 6.07) is 10.8. The summed E-state index contributed by atoms with van der Waals surface area (Å²) >= 11 is 0. The van der Waals surface area contributed by atoms with Crippen LogP contribution >= 0.6 is 0 Å². The second-order valence-electron chi connectivity index (χ2n) is 10.8. The van der Waals surface area contributed by atoms with Crippen LogP contribution in [0.2, 0.25) is 0 Å². The van der Waals surface area contributed by atoms with Crippen LogP contribution in [0.4, 0.5) is 0 Å². The molecule has 2 aromatic carbocycles. The molecular weight excluding hydrogens is 632 g/mol. The molecule has 2 aromatic rings. The maximum Gasteiger partial charge on any atom is 0.341 e. The van der Waals surface area contributed by atoms with E-state index in [9.17, 15) is 33.6 Å². The molecule has 1 saturated carbocycles. The number of hydrogen-bond acceptors (Lipinski definition) is 14. The molecule has 0 unspecified atom stereocenters. The summed E-state index contributed by atoms with van der Waals surface area (Å²) in [4.78, 5) is 83.4. The summed E-state index contributed by atoms with van der Waals surface area (Å²) in [6.45, 7) is 2.41. The van der Waals surface area contributed by atoms with Crippen LogP contribution in [0.15, 0.2) is 42.5 Å². The van der Waals surface area contributed by atoms with Crippen molar-refractivity contribution in [2.75, 3.05) is 26.9 Å². The Morgan fingerprint density at radius 1 is 0.625 bits per heavy atom. The molecule has 1 aliphatic carbocycles. The Morgan fingerprint density at radius 3 is 1.73 bits per heavy atom. The molecular formula is C34H38O14. The molecule has 0 bridgehead atoms. The van der Waals surface area contributed by atoms with Gasteiger partial charge in [-0.2, -0.15) is 0 Å². The molecule has 0 aliphatic heterocycles. The van der Waals surface area contributed by atoms with Gasteiger partial charge in [-0.15, -0.1) is 0 Å². The fourth-order valence-electron chi connectivity index (χ4n) is 4.75. The molecule has 1 aliphatic rings. The van der Waals surface area contributed by atoms with Gasteiger partial charge in [-0.1, -0.05) is 12.1 Å². The van der Waals surface area contributed by atoms with Gasteiger partial charge in [0.25, 0.3) is 0 Å². The molecule has 258 valence electrons. The minimum atomic E-state index is -0.766. The zero-order valence-corrected chi connectivity index (χ0v) is 27.0. The molecule has 0 N–H and O–H groups in total. The Kier molecular flexibility index (Phi) is 14.5. The van der Waals surface area contributed by atoms with Crippen LogP contribution in [-0.4, -0.2) is 68.7 Å². The highest BCUT2D eigenvalue weighted by molar-refractivity contribution is 5.94. The van der Waals surface area contributed by atoms with Gasteiger partial charge in [0.1, 0.15) is 36.0 Å². The largest absolute Gasteiger partial charge is 0.465 e. The van der Waals surface area contributed by atoms with Crippen molar-refractivity contribution < 1.29 is 66.7 Å². The van der Waals surface area contributed by atoms with Crippen LogP contribution in [0.25, 0.3) is 0 Å². The maximum atomic E-state index is 12.9. The predicted molar refractivity (Wildman–Crippen MR) is 164 cm³/mol. The van der Waals surface area contributed by atoms with Crippen molar-refractivity contribution in [1.82, 2.24) is 0 Å². The van der Waals surface area contributed by atoms with Crippen molar-refractivity contribution in [2.24, 2.45) is 11.8 Å². The third kappa shape index (κ3) is 12.5. The summed E-state index contributed by atoms with van der Waals surface area (Å²) in [5.41, 5.74) is 0.766. The van der Waals surface area contributed by atoms with Gasteiger partial charge in [0, 0.05) is 20.3 Å². The second kappa shape index (κ2) is 18.8. The first-order valence-electron chi connectivity index (χ1n) is 15.3. The average Bonchev–Trinajstić information content (AvgIpc) is 3.06. The lowest BCUT2D eigenvalue weighted by atomic mass is 9.82. The lowest BCUT2D eigenvalue weighted by Crippen LogP contribution is -2.30. The quantitative estimate of drug-likeness (QED) is 0.116. The van der Waals surface area contributed by atoms with E-state index in [1.807, 2.05) is 0 Å². The van der Waals surface area contributed by atoms with Gasteiger partial charge in [-0.25, -0.2) is 4.79 Å². The maximum absolute atomic E-state index is 12.9. The first-order chi connectivity index (χ1) is 22.9. The van der Waals surface area contributed by atoms with Crippen molar-refractivity contribution in [1.29, 1.82) is 0 Å². The highest BCUT2D eigenvalue weighted by Crippen LogP contribution is 2.33. The molecule has 0 spiro atoms. The van der Waals surface area contributed by atoms with E-state index in [-0.39, 0.29) is 49.7 Å². The summed E-state index contributed by atoms with van der Waals surface area (Å²) < 4.78 is 35.4. The van der Waals surface area contributed by atoms with E-state index >= 15 is 0 Å². The smallest absolute Gasteiger partial charge is 0.341 e. The van der Waals surface area contributed by atoms with Crippen molar-refractivity contribution in [3.63, 3.8) is 0 Å². The number of methoxy groups -OCH3 is 1. The molecule has 14 heteroatoms. The fourth-order valence-corrected chi connectivity index (χ4v) is 4.75. The van der Waals surface area contributed by atoms with Gasteiger partial charge < -0.3 is 33.2 Å². The topological polar surface area (TPSA) is 184 Å². The molecule has 0 atom stereocenters. The second-order valence-corrected chi connectivity index (χ2v) is 10.8. The molecule has 3 rings (SSSR count). The number of benzene rings is 2. The van der Waals surface area contributed by atoms with Crippen LogP contribution in [-0.2, 0) is 54.1 Å². The lowest BCUT2D eigenvalue weighted by Gasteiger charge is -2.26. The highest BCUT2D eigenvalue weighted by Gasteiger charge is 2.33. The zero-order chi connectivity index (χ0) is 35.1. The molecule has 14 nitrogen and oxygen atoms in total. The van der Waals surface area contributed by atoms with E-state index in [4.69, 9.17) is 28.4 Å². The SMILES string of the molecule is COC(=O)c1cc(OC(C)=O)ccc1OC(=O)C1CCC(C(=O)Oc2ccc(CCOC(=O)CCC(=O)OCCOC(C)=O)cc2)CC1. The Hall–Kier alpha value is -5.27. The van der Waals surface area contributed by atoms with Gasteiger partial charge in [0.15, 0.2) is 0 Å². The summed E-state index contributed by atoms with van der Waals surface area (Å²) in [7, 11) is 1.17. The van der Waals surface area contributed by atoms with Gasteiger partial charge in [0.05, 0.1) is 38.4 Å². The van der Waals surface area contributed by atoms with Crippen LogP contribution in [0, 0.1) is 11.8 Å². The summed E-state index contributed by atoms with van der Waals surface area (Å²) in [5, 5.41) is 0. The van der Waals surface area contributed by atoms with Crippen molar-refractivity contribution >= 4 is 41.8 Å². The van der Waals surface area contributed by atoms with E-state index in [1.165, 1.54) is 39.2 Å². The lowest BCUT2D eigenvalue weighted by molar-refractivity contribution is -0.153. The number of rotatable bonds is 15. The average molecular weight is 671 g/mol. The van der Waals surface area contributed by atoms with Crippen LogP contribution in [0.5, 0.6) is 17.2 Å². The molecule has 48 heavy (non-hydrogen) atoms. The molecule has 0 radical (unpaired) electrons. The normalized spacial score (nSPS) is 15.3. The summed E-state index contributed by atoms with van der Waals surface area (Å²) in [6.07, 6.45) is 1.68. The number of carbonyl (C=O) groups excluding carboxylic acids is 7. The number of hydrogen-bond donors (Lipinski definition) is 0. The van der Waals surface area contributed by atoms with E-state index in [2.05, 4.69) is 4.74 Å². The Morgan fingerprint density at radius 2 is 1.17 bits per heavy atom. The minimum absolute atomic E-state index is 0.0292. The standard InChI is InChI=1S/C34H38O14/c1-21(35)43-18-19-45-31(38)15-14-30(37)44-17-16-23-4-10-26(11-5-23)47-32(39)24-6-8-25(9-7-24)33(40)48-29-13-12-27(46-22(2)36)20-28(29)34(41)42-3/h4-5,10-13,20,24-25H,6-9,14-19H2,1-3H3. The Labute approximate surface area is 276 Å². The summed E-state index contributed by atoms with van der Waals surface area (Å²) in [5.74, 6) is -4.43. The monoisotopic (exact) mass is 670 g/mol. The van der Waals surface area contributed by atoms with Crippen LogP contribution < -0.4 is 14.2 Å². The third-order valence-corrected chi connectivity index (χ3v) is 7.20. The third-order valence-electron chi connectivity index (χ3n) is 7.20. The zero-order valence-electron chi connectivity index (χ0n) is 27.0. The Bertz CT molecular complexity index is 1470. The number of ether oxygens (including phenoxy) is 7. The number of carbonyl (C=O) groups is 7. The predicted octanol–water partition coefficient (Wildman–Crippen LogP) is 3.69. The van der Waals surface area contributed by atoms with E-state index < -0.39 is 53.6 Å². The fraction of sp³-hybridized carbons (Fsp3) is 0.441. The molecule has 0 saturated heterocycles. The van der Waals surface area contributed by atoms with E-state index in [0.717, 1.165) is 5.56 Å². The van der Waals surface area contributed by atoms with Gasteiger partial charge in [0.2, 0.25) is 0 Å². The van der Waals surface area contributed by atoms with Gasteiger partial charge in [-0.05, 0) is 61.6 Å². The van der Waals surface area contributed by atoms with Crippen molar-refractivity contribution in [2.45, 2.75) is 58.8 Å². The molecule has 0 heterocycles. The molecule has 0 amide bonds. The molecule has 1 fully saturated rings.